The fraction of sp³-hybridized carbons (Fsp3) is 0.250. The van der Waals surface area contributed by atoms with Gasteiger partial charge in [0.2, 0.25) is 0 Å². The predicted octanol–water partition coefficient (Wildman–Crippen LogP) is 3.19. The highest BCUT2D eigenvalue weighted by molar-refractivity contribution is 5.85. The Labute approximate surface area is 135 Å². The van der Waals surface area contributed by atoms with Crippen LogP contribution in [0.1, 0.15) is 45.4 Å². The molecule has 3 nitrogen and oxygen atoms in total. The minimum atomic E-state index is -1.13. The van der Waals surface area contributed by atoms with Crippen LogP contribution in [0.4, 0.5) is 5.69 Å². The molecule has 0 aromatic heterocycles. The van der Waals surface area contributed by atoms with Crippen molar-refractivity contribution in [1.29, 1.82) is 0 Å². The summed E-state index contributed by atoms with van der Waals surface area (Å²) in [5, 5.41) is 14.6. The average molecular weight is 304 g/mol. The lowest BCUT2D eigenvalue weighted by Crippen LogP contribution is -2.29. The number of allylic oxidation sites excluding steroid dienone is 2. The van der Waals surface area contributed by atoms with Gasteiger partial charge < -0.3 is 15.2 Å². The number of hydrogen-bond acceptors (Lipinski definition) is 3. The highest BCUT2D eigenvalue weighted by atomic mass is 16.4. The molecule has 116 valence electrons. The van der Waals surface area contributed by atoms with Crippen molar-refractivity contribution in [3.05, 3.63) is 76.9 Å². The van der Waals surface area contributed by atoms with Crippen LogP contribution in [0.3, 0.4) is 0 Å². The lowest BCUT2D eigenvalue weighted by atomic mass is 9.76. The molecule has 1 aliphatic carbocycles. The molecule has 3 heteroatoms. The number of aromatic carboxylic acids is 1. The van der Waals surface area contributed by atoms with Crippen LogP contribution in [0, 0.1) is 12.8 Å². The number of carbonyl (C=O) groups excluding carboxylic acids is 1. The van der Waals surface area contributed by atoms with Crippen LogP contribution in [-0.4, -0.2) is 5.97 Å². The molecule has 2 aliphatic rings. The second kappa shape index (κ2) is 5.27. The number of fused-ring (bicyclic) bond motifs is 3. The SMILES string of the molecule is Cc1cccc2c1N[C@H](c1ccc(C(=O)[O-])cc1)[C@@H]1CC=C[C@H]21. The van der Waals surface area contributed by atoms with Crippen molar-refractivity contribution in [3.63, 3.8) is 0 Å². The second-order valence-corrected chi connectivity index (χ2v) is 6.42. The fourth-order valence-electron chi connectivity index (χ4n) is 3.93. The van der Waals surface area contributed by atoms with Gasteiger partial charge in [-0.05, 0) is 41.5 Å². The maximum Gasteiger partial charge on any atom is 0.0715 e. The number of para-hydroxylation sites is 1. The molecule has 2 aromatic carbocycles. The molecule has 3 atom stereocenters. The molecule has 0 amide bonds. The molecule has 1 aliphatic heterocycles. The highest BCUT2D eigenvalue weighted by Gasteiger charge is 2.38. The molecular weight excluding hydrogens is 286 g/mol. The summed E-state index contributed by atoms with van der Waals surface area (Å²) >= 11 is 0. The predicted molar refractivity (Wildman–Crippen MR) is 88.3 cm³/mol. The van der Waals surface area contributed by atoms with E-state index in [2.05, 4.69) is 42.6 Å². The van der Waals surface area contributed by atoms with Gasteiger partial charge in [0.25, 0.3) is 0 Å². The Morgan fingerprint density at radius 1 is 1.17 bits per heavy atom. The molecule has 0 radical (unpaired) electrons. The molecule has 1 heterocycles. The first-order chi connectivity index (χ1) is 11.1. The molecule has 0 saturated heterocycles. The van der Waals surface area contributed by atoms with Crippen molar-refractivity contribution in [2.24, 2.45) is 5.92 Å². The van der Waals surface area contributed by atoms with Gasteiger partial charge in [-0.1, -0.05) is 54.6 Å². The van der Waals surface area contributed by atoms with E-state index < -0.39 is 5.97 Å². The van der Waals surface area contributed by atoms with Crippen LogP contribution in [0.5, 0.6) is 0 Å². The maximum absolute atomic E-state index is 10.9. The molecule has 1 N–H and O–H groups in total. The molecule has 0 bridgehead atoms. The van der Waals surface area contributed by atoms with Gasteiger partial charge in [-0.15, -0.1) is 0 Å². The molecule has 2 aromatic rings. The summed E-state index contributed by atoms with van der Waals surface area (Å²) in [7, 11) is 0. The van der Waals surface area contributed by atoms with E-state index in [1.54, 1.807) is 12.1 Å². The summed E-state index contributed by atoms with van der Waals surface area (Å²) in [6.07, 6.45) is 5.61. The first kappa shape index (κ1) is 14.1. The summed E-state index contributed by atoms with van der Waals surface area (Å²) in [4.78, 5) is 10.9. The van der Waals surface area contributed by atoms with Gasteiger partial charge in [-0.3, -0.25) is 0 Å². The Balaban J connectivity index is 1.75. The molecule has 23 heavy (non-hydrogen) atoms. The van der Waals surface area contributed by atoms with Gasteiger partial charge in [-0.25, -0.2) is 0 Å². The molecule has 0 saturated carbocycles. The quantitative estimate of drug-likeness (QED) is 0.867. The van der Waals surface area contributed by atoms with Crippen LogP contribution in [0.15, 0.2) is 54.6 Å². The van der Waals surface area contributed by atoms with Crippen LogP contribution < -0.4 is 10.4 Å². The van der Waals surface area contributed by atoms with E-state index in [1.165, 1.54) is 16.8 Å². The topological polar surface area (TPSA) is 52.2 Å². The third-order valence-corrected chi connectivity index (χ3v) is 5.11. The van der Waals surface area contributed by atoms with Crippen molar-refractivity contribution in [2.75, 3.05) is 5.32 Å². The van der Waals surface area contributed by atoms with Crippen molar-refractivity contribution in [2.45, 2.75) is 25.3 Å². The number of carbonyl (C=O) groups is 1. The molecule has 0 fully saturated rings. The monoisotopic (exact) mass is 304 g/mol. The fourth-order valence-corrected chi connectivity index (χ4v) is 3.93. The minimum Gasteiger partial charge on any atom is -0.545 e. The highest BCUT2D eigenvalue weighted by Crippen LogP contribution is 2.50. The Morgan fingerprint density at radius 2 is 1.96 bits per heavy atom. The Bertz CT molecular complexity index is 792. The van der Waals surface area contributed by atoms with Gasteiger partial charge >= 0.3 is 0 Å². The first-order valence-electron chi connectivity index (χ1n) is 7.99. The summed E-state index contributed by atoms with van der Waals surface area (Å²) < 4.78 is 0. The van der Waals surface area contributed by atoms with Crippen molar-refractivity contribution in [3.8, 4) is 0 Å². The summed E-state index contributed by atoms with van der Waals surface area (Å²) in [5.41, 5.74) is 5.18. The second-order valence-electron chi connectivity index (χ2n) is 6.42. The van der Waals surface area contributed by atoms with Crippen molar-refractivity contribution < 1.29 is 9.90 Å². The number of carboxylic acids is 1. The van der Waals surface area contributed by atoms with Crippen molar-refractivity contribution >= 4 is 11.7 Å². The molecule has 4 rings (SSSR count). The van der Waals surface area contributed by atoms with E-state index in [-0.39, 0.29) is 11.6 Å². The number of hydrogen-bond donors (Lipinski definition) is 1. The molecule has 0 spiro atoms. The summed E-state index contributed by atoms with van der Waals surface area (Å²) in [5.74, 6) is -0.232. The third kappa shape index (κ3) is 2.24. The zero-order valence-corrected chi connectivity index (χ0v) is 13.0. The van der Waals surface area contributed by atoms with Gasteiger partial charge in [-0.2, -0.15) is 0 Å². The van der Waals surface area contributed by atoms with Gasteiger partial charge in [0.15, 0.2) is 0 Å². The van der Waals surface area contributed by atoms with E-state index in [1.807, 2.05) is 12.1 Å². The Kier molecular flexibility index (Phi) is 3.22. The number of benzene rings is 2. The van der Waals surface area contributed by atoms with Crippen LogP contribution in [-0.2, 0) is 0 Å². The van der Waals surface area contributed by atoms with Crippen LogP contribution in [0.2, 0.25) is 0 Å². The van der Waals surface area contributed by atoms with Gasteiger partial charge in [0, 0.05) is 11.6 Å². The zero-order valence-electron chi connectivity index (χ0n) is 13.0. The summed E-state index contributed by atoms with van der Waals surface area (Å²) in [6, 6.07) is 13.7. The number of anilines is 1. The number of carboxylic acid groups (broad SMARTS) is 1. The van der Waals surface area contributed by atoms with E-state index in [4.69, 9.17) is 0 Å². The lowest BCUT2D eigenvalue weighted by molar-refractivity contribution is -0.255. The Hall–Kier alpha value is -2.55. The number of nitrogens with one attached hydrogen (secondary N) is 1. The Morgan fingerprint density at radius 3 is 2.70 bits per heavy atom. The standard InChI is InChI=1S/C20H19NO2/c1-12-4-2-6-16-15-5-3-7-17(15)19(21-18(12)16)13-8-10-14(11-9-13)20(22)23/h2-6,8-11,15,17,19,21H,7H2,1H3,(H,22,23)/p-1/t15-,17-,19-/m1/s1. The van der Waals surface area contributed by atoms with E-state index in [0.29, 0.717) is 11.8 Å². The van der Waals surface area contributed by atoms with Crippen LogP contribution in [0.25, 0.3) is 0 Å². The van der Waals surface area contributed by atoms with E-state index >= 15 is 0 Å². The van der Waals surface area contributed by atoms with Crippen LogP contribution >= 0.6 is 0 Å². The molecule has 0 unspecified atom stereocenters. The maximum atomic E-state index is 10.9. The minimum absolute atomic E-state index is 0.194. The van der Waals surface area contributed by atoms with Gasteiger partial charge in [0.1, 0.15) is 0 Å². The largest absolute Gasteiger partial charge is 0.545 e. The first-order valence-corrected chi connectivity index (χ1v) is 7.99. The van der Waals surface area contributed by atoms with Crippen molar-refractivity contribution in [1.82, 2.24) is 0 Å². The van der Waals surface area contributed by atoms with Gasteiger partial charge in [0.05, 0.1) is 12.0 Å². The number of aryl methyl sites for hydroxylation is 1. The third-order valence-electron chi connectivity index (χ3n) is 5.11. The summed E-state index contributed by atoms with van der Waals surface area (Å²) in [6.45, 7) is 2.13. The normalized spacial score (nSPS) is 24.7. The zero-order chi connectivity index (χ0) is 16.0. The van der Waals surface area contributed by atoms with E-state index in [9.17, 15) is 9.90 Å². The average Bonchev–Trinajstić information content (AvgIpc) is 3.04. The van der Waals surface area contributed by atoms with E-state index in [0.717, 1.165) is 12.0 Å². The molecular formula is C20H18NO2-. The smallest absolute Gasteiger partial charge is 0.0715 e. The number of rotatable bonds is 2. The lowest BCUT2D eigenvalue weighted by Gasteiger charge is -2.38.